The molecule has 0 unspecified atom stereocenters. The number of carbonyl (C=O) groups excluding carboxylic acids is 1. The lowest BCUT2D eigenvalue weighted by Gasteiger charge is -2.06. The summed E-state index contributed by atoms with van der Waals surface area (Å²) in [4.78, 5) is 14.5. The van der Waals surface area contributed by atoms with Crippen LogP contribution in [0.25, 0.3) is 16.5 Å². The first-order chi connectivity index (χ1) is 9.58. The fourth-order valence-corrected chi connectivity index (χ4v) is 2.52. The van der Waals surface area contributed by atoms with Crippen molar-refractivity contribution in [1.29, 1.82) is 0 Å². The van der Waals surface area contributed by atoms with E-state index in [9.17, 15) is 9.18 Å². The molecule has 0 aliphatic heterocycles. The number of benzene rings is 1. The topological polar surface area (TPSA) is 58.9 Å². The smallest absolute Gasteiger partial charge is 0.250 e. The molecule has 4 heteroatoms. The lowest BCUT2D eigenvalue weighted by atomic mass is 9.98. The van der Waals surface area contributed by atoms with Crippen LogP contribution < -0.4 is 5.73 Å². The first-order valence-corrected chi connectivity index (χ1v) is 6.88. The summed E-state index contributed by atoms with van der Waals surface area (Å²) in [6.45, 7) is 4.17. The number of rotatable bonds is 5. The maximum atomic E-state index is 13.7. The molecule has 1 amide bonds. The third-order valence-corrected chi connectivity index (χ3v) is 3.34. The highest BCUT2D eigenvalue weighted by Gasteiger charge is 2.15. The first-order valence-electron chi connectivity index (χ1n) is 6.88. The van der Waals surface area contributed by atoms with Gasteiger partial charge >= 0.3 is 0 Å². The van der Waals surface area contributed by atoms with Crippen LogP contribution in [0.2, 0.25) is 0 Å². The van der Waals surface area contributed by atoms with Crippen molar-refractivity contribution in [3.05, 3.63) is 41.3 Å². The van der Waals surface area contributed by atoms with Crippen LogP contribution in [0.15, 0.2) is 24.4 Å². The number of hydrogen-bond donors (Lipinski definition) is 2. The summed E-state index contributed by atoms with van der Waals surface area (Å²) in [7, 11) is 0. The molecule has 0 atom stereocenters. The van der Waals surface area contributed by atoms with E-state index in [0.717, 1.165) is 24.8 Å². The summed E-state index contributed by atoms with van der Waals surface area (Å²) in [6, 6.07) is 2.63. The van der Waals surface area contributed by atoms with Crippen LogP contribution >= 0.6 is 0 Å². The molecule has 0 saturated heterocycles. The Kier molecular flexibility index (Phi) is 4.23. The molecule has 2 aromatic rings. The molecule has 0 bridgehead atoms. The molecular weight excluding hydrogens is 255 g/mol. The second kappa shape index (κ2) is 5.90. The average molecular weight is 274 g/mol. The van der Waals surface area contributed by atoms with Crippen molar-refractivity contribution in [2.75, 3.05) is 0 Å². The minimum Gasteiger partial charge on any atom is -0.366 e. The molecule has 20 heavy (non-hydrogen) atoms. The Morgan fingerprint density at radius 3 is 2.70 bits per heavy atom. The quantitative estimate of drug-likeness (QED) is 0.850. The highest BCUT2D eigenvalue weighted by atomic mass is 19.1. The third-order valence-electron chi connectivity index (χ3n) is 3.34. The molecule has 2 rings (SSSR count). The van der Waals surface area contributed by atoms with E-state index in [-0.39, 0.29) is 5.56 Å². The summed E-state index contributed by atoms with van der Waals surface area (Å²) in [5.41, 5.74) is 8.23. The van der Waals surface area contributed by atoms with E-state index in [4.69, 9.17) is 5.73 Å². The second-order valence-corrected chi connectivity index (χ2v) is 4.83. The Labute approximate surface area is 117 Å². The zero-order valence-electron chi connectivity index (χ0n) is 11.8. The van der Waals surface area contributed by atoms with Crippen molar-refractivity contribution in [3.63, 3.8) is 0 Å². The van der Waals surface area contributed by atoms with Crippen molar-refractivity contribution in [2.24, 2.45) is 5.73 Å². The summed E-state index contributed by atoms with van der Waals surface area (Å²) in [6.07, 6.45) is 6.81. The number of nitrogens with one attached hydrogen (secondary N) is 1. The van der Waals surface area contributed by atoms with Gasteiger partial charge in [0.1, 0.15) is 5.82 Å². The molecule has 1 aromatic carbocycles. The van der Waals surface area contributed by atoms with E-state index >= 15 is 0 Å². The molecular formula is C16H19FN2O. The molecule has 3 nitrogen and oxygen atoms in total. The molecule has 0 saturated carbocycles. The molecule has 0 spiro atoms. The molecule has 106 valence electrons. The Hall–Kier alpha value is -2.10. The van der Waals surface area contributed by atoms with Gasteiger partial charge in [-0.25, -0.2) is 4.39 Å². The van der Waals surface area contributed by atoms with Crippen molar-refractivity contribution >= 4 is 22.4 Å². The number of allylic oxidation sites excluding steroid dienone is 2. The maximum Gasteiger partial charge on any atom is 0.250 e. The van der Waals surface area contributed by atoms with Gasteiger partial charge < -0.3 is 10.7 Å². The van der Waals surface area contributed by atoms with Gasteiger partial charge in [0.2, 0.25) is 0 Å². The van der Waals surface area contributed by atoms with Crippen LogP contribution in [0.1, 0.15) is 49.0 Å². The average Bonchev–Trinajstić information content (AvgIpc) is 2.80. The van der Waals surface area contributed by atoms with Gasteiger partial charge in [-0.2, -0.15) is 0 Å². The number of carbonyl (C=O) groups is 1. The van der Waals surface area contributed by atoms with Crippen LogP contribution in [0.3, 0.4) is 0 Å². The maximum absolute atomic E-state index is 13.7. The van der Waals surface area contributed by atoms with Crippen molar-refractivity contribution in [2.45, 2.75) is 33.1 Å². The Morgan fingerprint density at radius 2 is 2.10 bits per heavy atom. The van der Waals surface area contributed by atoms with Crippen molar-refractivity contribution in [1.82, 2.24) is 4.98 Å². The Morgan fingerprint density at radius 1 is 1.35 bits per heavy atom. The van der Waals surface area contributed by atoms with Crippen LogP contribution in [-0.4, -0.2) is 10.9 Å². The summed E-state index contributed by atoms with van der Waals surface area (Å²) in [5.74, 6) is -1.07. The highest BCUT2D eigenvalue weighted by Crippen LogP contribution is 2.30. The number of fused-ring (bicyclic) bond motifs is 1. The minimum absolute atomic E-state index is 0.193. The summed E-state index contributed by atoms with van der Waals surface area (Å²) >= 11 is 0. The van der Waals surface area contributed by atoms with Gasteiger partial charge in [-0.15, -0.1) is 0 Å². The fraction of sp³-hybridized carbons (Fsp3) is 0.312. The SMILES string of the molecule is CC/C=C(\CCC)c1c[nH]c2c(C(N)=O)cc(F)cc12. The molecule has 1 aromatic heterocycles. The van der Waals surface area contributed by atoms with E-state index in [2.05, 4.69) is 24.9 Å². The largest absolute Gasteiger partial charge is 0.366 e. The van der Waals surface area contributed by atoms with Gasteiger partial charge in [-0.05, 0) is 30.5 Å². The minimum atomic E-state index is -0.626. The van der Waals surface area contributed by atoms with E-state index in [1.54, 1.807) is 0 Å². The number of nitrogens with two attached hydrogens (primary N) is 1. The van der Waals surface area contributed by atoms with Crippen molar-refractivity contribution in [3.8, 4) is 0 Å². The molecule has 0 fully saturated rings. The van der Waals surface area contributed by atoms with Crippen LogP contribution in [0.5, 0.6) is 0 Å². The zero-order valence-corrected chi connectivity index (χ0v) is 11.8. The first kappa shape index (κ1) is 14.3. The number of H-pyrrole nitrogens is 1. The number of aromatic nitrogens is 1. The predicted octanol–water partition coefficient (Wildman–Crippen LogP) is 4.00. The summed E-state index contributed by atoms with van der Waals surface area (Å²) in [5, 5.41) is 0.715. The third kappa shape index (κ3) is 2.59. The Balaban J connectivity index is 2.67. The summed E-state index contributed by atoms with van der Waals surface area (Å²) < 4.78 is 13.7. The van der Waals surface area contributed by atoms with Gasteiger partial charge in [-0.1, -0.05) is 26.3 Å². The van der Waals surface area contributed by atoms with Crippen LogP contribution in [0, 0.1) is 5.82 Å². The van der Waals surface area contributed by atoms with Gasteiger partial charge in [0.05, 0.1) is 11.1 Å². The van der Waals surface area contributed by atoms with Gasteiger partial charge in [0, 0.05) is 17.1 Å². The van der Waals surface area contributed by atoms with Gasteiger partial charge in [0.15, 0.2) is 0 Å². The Bertz CT molecular complexity index is 670. The second-order valence-electron chi connectivity index (χ2n) is 4.83. The normalized spacial score (nSPS) is 12.1. The van der Waals surface area contributed by atoms with E-state index in [0.29, 0.717) is 10.9 Å². The lowest BCUT2D eigenvalue weighted by molar-refractivity contribution is 0.100. The molecule has 0 aliphatic rings. The van der Waals surface area contributed by atoms with E-state index < -0.39 is 11.7 Å². The predicted molar refractivity (Wildman–Crippen MR) is 80.0 cm³/mol. The molecule has 0 radical (unpaired) electrons. The molecule has 3 N–H and O–H groups in total. The number of primary amides is 1. The zero-order chi connectivity index (χ0) is 14.7. The van der Waals surface area contributed by atoms with E-state index in [1.807, 2.05) is 6.20 Å². The van der Waals surface area contributed by atoms with Crippen LogP contribution in [0.4, 0.5) is 4.39 Å². The molecule has 1 heterocycles. The number of halogens is 1. The number of aromatic amines is 1. The molecule has 0 aliphatic carbocycles. The highest BCUT2D eigenvalue weighted by molar-refractivity contribution is 6.07. The number of amides is 1. The van der Waals surface area contributed by atoms with Crippen LogP contribution in [-0.2, 0) is 0 Å². The monoisotopic (exact) mass is 274 g/mol. The lowest BCUT2D eigenvalue weighted by Crippen LogP contribution is -2.11. The van der Waals surface area contributed by atoms with Gasteiger partial charge in [0.25, 0.3) is 5.91 Å². The van der Waals surface area contributed by atoms with E-state index in [1.165, 1.54) is 17.7 Å². The number of hydrogen-bond acceptors (Lipinski definition) is 1. The standard InChI is InChI=1S/C16H19FN2O/c1-3-5-10(6-4-2)14-9-19-15-12(14)7-11(17)8-13(15)16(18)20/h5,7-9,19H,3-4,6H2,1-2H3,(H2,18,20)/b10-5+. The van der Waals surface area contributed by atoms with Gasteiger partial charge in [-0.3, -0.25) is 4.79 Å². The van der Waals surface area contributed by atoms with Crippen molar-refractivity contribution < 1.29 is 9.18 Å². The fourth-order valence-electron chi connectivity index (χ4n) is 2.52.